The van der Waals surface area contributed by atoms with E-state index >= 15 is 13.7 Å². The van der Waals surface area contributed by atoms with E-state index in [0.29, 0.717) is 0 Å². The van der Waals surface area contributed by atoms with Crippen LogP contribution in [0, 0.1) is 0 Å². The zero-order chi connectivity index (χ0) is 81.4. The third-order valence-corrected chi connectivity index (χ3v) is 35.4. The van der Waals surface area contributed by atoms with Crippen LogP contribution in [0.15, 0.2) is 425 Å². The van der Waals surface area contributed by atoms with E-state index in [-0.39, 0.29) is 0 Å². The highest BCUT2D eigenvalue weighted by Gasteiger charge is 2.44. The third kappa shape index (κ3) is 10.4. The molecule has 0 spiro atoms. The van der Waals surface area contributed by atoms with Crippen molar-refractivity contribution >= 4 is 199 Å². The quantitative estimate of drug-likeness (QED) is 0.122. The Bertz CT molecular complexity index is 8810. The number of pyridine rings is 2. The summed E-state index contributed by atoms with van der Waals surface area (Å²) in [6.07, 6.45) is 3.76. The van der Waals surface area contributed by atoms with E-state index in [1.165, 1.54) is 48.5 Å². The number of hydrogen-bond donors (Lipinski definition) is 0. The van der Waals surface area contributed by atoms with Gasteiger partial charge in [-0.25, -0.2) is 0 Å². The molecule has 0 bridgehead atoms. The normalized spacial score (nSPS) is 16.0. The maximum atomic E-state index is 15.2. The van der Waals surface area contributed by atoms with Gasteiger partial charge in [0.2, 0.25) is 0 Å². The van der Waals surface area contributed by atoms with Gasteiger partial charge >= 0.3 is 0 Å². The number of rotatable bonds is 6. The first-order chi connectivity index (χ1) is 60.7. The summed E-state index contributed by atoms with van der Waals surface area (Å²) in [5, 5.41) is 27.0. The number of para-hydroxylation sites is 3. The van der Waals surface area contributed by atoms with Crippen LogP contribution in [0.4, 0.5) is 0 Å². The van der Waals surface area contributed by atoms with Crippen LogP contribution in [0.2, 0.25) is 0 Å². The smallest absolute Gasteiger partial charge is 0.172 e. The first-order valence-electron chi connectivity index (χ1n) is 41.6. The van der Waals surface area contributed by atoms with Crippen molar-refractivity contribution in [2.24, 2.45) is 0 Å². The van der Waals surface area contributed by atoms with Crippen molar-refractivity contribution in [3.05, 3.63) is 425 Å². The SMILES string of the molecule is O=P1(c2ccccc2)c2ccccc2-c2cc3c(cc21)c1ccccc1n3-c1cc2ccccc2c2ccccc12.O=P1(c2ccccc2)c2ccccc2-c2cc3c(cc21)c1ccccc1n3-c1cccc2c1ccc1ccccc12.O=P1(c2ccccc2)c2ccccc2-c2cc3c(cc21)c1ccccc1n3-c1cnc2c(ccc3cccnc32)c1. The summed E-state index contributed by atoms with van der Waals surface area (Å²) in [5.74, 6) is 0. The standard InChI is InChI=1S/2C38H24NOP.C36H22N3OP/c40-41(26-12-2-1-3-13-26)37-20-9-7-16-31(37)33-23-36-32(24-38(33)41)29-15-6-8-18-34(29)39(36)35-19-10-17-28-27-14-5-4-11-25(27)21-22-30(28)35;40-41(26-13-2-1-3-14-26)37-21-11-9-19-31(37)33-23-36-32(24-38(33)41)30-18-8-10-20-34(30)39(36)35-22-25-12-4-5-15-27(25)28-16-6-7-17-29(28)35;40-41(26-10-2-1-3-11-26)33-15-7-5-13-28(33)30-20-32-29(21-34(30)41)27-12-4-6-14-31(27)39(32)25-19-24-17-16-23-9-8-18-37-35(23)36(24)38-22-25/h2*1-24H;1-22H. The van der Waals surface area contributed by atoms with Gasteiger partial charge in [0.25, 0.3) is 0 Å². The zero-order valence-electron chi connectivity index (χ0n) is 66.2. The predicted octanol–water partition coefficient (Wildman–Crippen LogP) is 24.9. The summed E-state index contributed by atoms with van der Waals surface area (Å²) >= 11 is 0. The number of benzene rings is 19. The fourth-order valence-electron chi connectivity index (χ4n) is 20.6. The highest BCUT2D eigenvalue weighted by atomic mass is 31.2. The van der Waals surface area contributed by atoms with Gasteiger partial charge in [-0.2, -0.15) is 0 Å². The Labute approximate surface area is 707 Å². The average Bonchev–Trinajstić information content (AvgIpc) is 1.55. The van der Waals surface area contributed by atoms with E-state index in [2.05, 4.69) is 304 Å². The van der Waals surface area contributed by atoms with Crippen LogP contribution in [0.3, 0.4) is 0 Å². The van der Waals surface area contributed by atoms with Crippen LogP contribution in [-0.2, 0) is 13.7 Å². The molecule has 24 aromatic rings. The predicted molar refractivity (Wildman–Crippen MR) is 518 cm³/mol. The summed E-state index contributed by atoms with van der Waals surface area (Å²) in [5.41, 5.74) is 18.1. The Balaban J connectivity index is 0.000000101. The van der Waals surface area contributed by atoms with Gasteiger partial charge in [0.1, 0.15) is 0 Å². The molecule has 0 fully saturated rings. The molecule has 123 heavy (non-hydrogen) atoms. The minimum absolute atomic E-state index is 0.869. The summed E-state index contributed by atoms with van der Waals surface area (Å²) in [7, 11) is -9.08. The van der Waals surface area contributed by atoms with E-state index in [9.17, 15) is 0 Å². The summed E-state index contributed by atoms with van der Waals surface area (Å²) in [6.45, 7) is 0. The van der Waals surface area contributed by atoms with Crippen molar-refractivity contribution in [1.29, 1.82) is 0 Å². The van der Waals surface area contributed by atoms with Crippen molar-refractivity contribution < 1.29 is 13.7 Å². The number of hydrogen-bond acceptors (Lipinski definition) is 5. The van der Waals surface area contributed by atoms with Gasteiger partial charge < -0.3 is 27.4 Å². The Morgan fingerprint density at radius 3 is 1.07 bits per heavy atom. The second-order valence-electron chi connectivity index (χ2n) is 32.3. The first-order valence-corrected chi connectivity index (χ1v) is 46.8. The molecule has 5 aromatic heterocycles. The maximum absolute atomic E-state index is 15.2. The average molecular weight is 1630 g/mol. The van der Waals surface area contributed by atoms with Crippen LogP contribution in [0.5, 0.6) is 0 Å². The van der Waals surface area contributed by atoms with Crippen LogP contribution in [0.25, 0.3) is 181 Å². The molecule has 576 valence electrons. The van der Waals surface area contributed by atoms with Crippen LogP contribution in [0.1, 0.15) is 0 Å². The Hall–Kier alpha value is -14.9. The molecular formula is C112H70N5O3P3. The molecule has 3 unspecified atom stereocenters. The molecule has 0 aliphatic carbocycles. The minimum Gasteiger partial charge on any atom is -0.309 e. The summed E-state index contributed by atoms with van der Waals surface area (Å²) in [6, 6.07) is 143. The topological polar surface area (TPSA) is 91.8 Å². The van der Waals surface area contributed by atoms with Gasteiger partial charge in [-0.1, -0.05) is 334 Å². The highest BCUT2D eigenvalue weighted by Crippen LogP contribution is 2.58. The van der Waals surface area contributed by atoms with Gasteiger partial charge in [0.15, 0.2) is 21.4 Å². The highest BCUT2D eigenvalue weighted by molar-refractivity contribution is 7.87. The fourth-order valence-corrected chi connectivity index (χ4v) is 29.8. The molecule has 0 N–H and O–H groups in total. The lowest BCUT2D eigenvalue weighted by Crippen LogP contribution is -2.20. The summed E-state index contributed by atoms with van der Waals surface area (Å²) < 4.78 is 52.7. The van der Waals surface area contributed by atoms with E-state index < -0.39 is 21.4 Å². The van der Waals surface area contributed by atoms with Crippen LogP contribution < -0.4 is 47.7 Å². The molecule has 11 heteroatoms. The second-order valence-corrected chi connectivity index (χ2v) is 40.4. The van der Waals surface area contributed by atoms with Crippen molar-refractivity contribution in [2.45, 2.75) is 0 Å². The maximum Gasteiger partial charge on any atom is 0.172 e. The minimum atomic E-state index is -3.03. The van der Waals surface area contributed by atoms with Gasteiger partial charge in [-0.3, -0.25) is 9.97 Å². The van der Waals surface area contributed by atoms with Crippen LogP contribution in [-0.4, -0.2) is 23.7 Å². The third-order valence-electron chi connectivity index (χ3n) is 26.0. The number of nitrogens with zero attached hydrogens (tertiary/aromatic N) is 5. The Morgan fingerprint density at radius 2 is 0.553 bits per heavy atom. The molecule has 27 rings (SSSR count). The molecule has 0 amide bonds. The Morgan fingerprint density at radius 1 is 0.195 bits per heavy atom. The molecule has 3 aliphatic rings. The molecule has 0 saturated carbocycles. The lowest BCUT2D eigenvalue weighted by Gasteiger charge is -2.16. The molecular weight excluding hydrogens is 1560 g/mol. The molecule has 3 aliphatic heterocycles. The summed E-state index contributed by atoms with van der Waals surface area (Å²) in [4.78, 5) is 9.53. The van der Waals surface area contributed by atoms with Crippen molar-refractivity contribution in [3.8, 4) is 50.4 Å². The molecule has 19 aromatic carbocycles. The van der Waals surface area contributed by atoms with Crippen molar-refractivity contribution in [2.75, 3.05) is 0 Å². The van der Waals surface area contributed by atoms with Crippen molar-refractivity contribution in [3.63, 3.8) is 0 Å². The van der Waals surface area contributed by atoms with E-state index in [4.69, 9.17) is 4.98 Å². The number of fused-ring (bicyclic) bond motifs is 27. The van der Waals surface area contributed by atoms with Gasteiger partial charge in [0, 0.05) is 108 Å². The zero-order valence-corrected chi connectivity index (χ0v) is 68.9. The van der Waals surface area contributed by atoms with E-state index in [1.54, 1.807) is 0 Å². The van der Waals surface area contributed by atoms with Crippen molar-refractivity contribution in [1.82, 2.24) is 23.7 Å². The van der Waals surface area contributed by atoms with E-state index in [1.807, 2.05) is 140 Å². The largest absolute Gasteiger partial charge is 0.309 e. The van der Waals surface area contributed by atoms with Gasteiger partial charge in [-0.05, 0) is 145 Å². The van der Waals surface area contributed by atoms with Gasteiger partial charge in [0.05, 0.1) is 67.4 Å². The Kier molecular flexibility index (Phi) is 15.8. The molecule has 0 saturated heterocycles. The fraction of sp³-hybridized carbons (Fsp3) is 0. The lowest BCUT2D eigenvalue weighted by atomic mass is 10.00. The lowest BCUT2D eigenvalue weighted by molar-refractivity contribution is 0.592. The second kappa shape index (κ2) is 27.3. The monoisotopic (exact) mass is 1630 g/mol. The van der Waals surface area contributed by atoms with E-state index in [0.717, 1.165) is 180 Å². The molecule has 8 nitrogen and oxygen atoms in total. The molecule has 3 atom stereocenters. The number of aromatic nitrogens is 5. The van der Waals surface area contributed by atoms with Gasteiger partial charge in [-0.15, -0.1) is 0 Å². The first kappa shape index (κ1) is 71.1. The van der Waals surface area contributed by atoms with Crippen LogP contribution >= 0.6 is 21.4 Å². The molecule has 8 heterocycles. The molecule has 0 radical (unpaired) electrons.